The van der Waals surface area contributed by atoms with E-state index in [0.717, 1.165) is 5.69 Å². The van der Waals surface area contributed by atoms with Gasteiger partial charge in [0.1, 0.15) is 5.75 Å². The molecule has 1 amide bonds. The van der Waals surface area contributed by atoms with Gasteiger partial charge in [-0.25, -0.2) is 8.42 Å². The summed E-state index contributed by atoms with van der Waals surface area (Å²) in [4.78, 5) is 24.6. The Kier molecular flexibility index (Phi) is 7.58. The average Bonchev–Trinajstić information content (AvgIpc) is 2.70. The molecule has 1 N–H and O–H groups in total. The zero-order chi connectivity index (χ0) is 21.6. The third-order valence-corrected chi connectivity index (χ3v) is 6.69. The maximum Gasteiger partial charge on any atom is 0.254 e. The Bertz CT molecular complexity index is 1010. The van der Waals surface area contributed by atoms with Crippen molar-refractivity contribution in [3.63, 3.8) is 0 Å². The van der Waals surface area contributed by atoms with Gasteiger partial charge < -0.3 is 14.6 Å². The van der Waals surface area contributed by atoms with Gasteiger partial charge in [0, 0.05) is 43.5 Å². The highest BCUT2D eigenvalue weighted by Gasteiger charge is 2.21. The summed E-state index contributed by atoms with van der Waals surface area (Å²) in [7, 11) is -2.06. The van der Waals surface area contributed by atoms with E-state index in [4.69, 9.17) is 4.74 Å². The summed E-state index contributed by atoms with van der Waals surface area (Å²) in [5.41, 5.74) is 0.874. The molecular formula is C20H27N3O5S. The number of carbonyl (C=O) groups excluding carboxylic acids is 1. The summed E-state index contributed by atoms with van der Waals surface area (Å²) in [6.45, 7) is 6.68. The Morgan fingerprint density at radius 1 is 1.14 bits per heavy atom. The largest absolute Gasteiger partial charge is 0.496 e. The topological polar surface area (TPSA) is 97.7 Å². The summed E-state index contributed by atoms with van der Waals surface area (Å²) in [5.74, 6) is 0.156. The van der Waals surface area contributed by atoms with Crippen LogP contribution in [0.5, 0.6) is 5.75 Å². The standard InChI is InChI=1S/C20H27N3O5S/c1-5-22(6-2)29(26,27)18-9-7-16(8-10-18)20(25)21-11-12-23-15(3)13-17(28-4)14-19(23)24/h7-10,13-14H,5-6,11-12H2,1-4H3,(H,21,25). The number of aromatic nitrogens is 1. The number of pyridine rings is 1. The monoisotopic (exact) mass is 421 g/mol. The second-order valence-electron chi connectivity index (χ2n) is 6.40. The molecular weight excluding hydrogens is 394 g/mol. The molecule has 0 saturated carbocycles. The van der Waals surface area contributed by atoms with Crippen LogP contribution in [0, 0.1) is 6.92 Å². The molecule has 0 fully saturated rings. The third kappa shape index (κ3) is 5.24. The second kappa shape index (κ2) is 9.71. The predicted octanol–water partition coefficient (Wildman–Crippen LogP) is 1.63. The summed E-state index contributed by atoms with van der Waals surface area (Å²) in [5, 5.41) is 2.74. The lowest BCUT2D eigenvalue weighted by Gasteiger charge is -2.18. The Hall–Kier alpha value is -2.65. The molecule has 2 aromatic rings. The molecule has 1 heterocycles. The van der Waals surface area contributed by atoms with Gasteiger partial charge in [-0.2, -0.15) is 4.31 Å². The molecule has 0 unspecified atom stereocenters. The van der Waals surface area contributed by atoms with Crippen LogP contribution in [0.1, 0.15) is 29.9 Å². The lowest BCUT2D eigenvalue weighted by Crippen LogP contribution is -2.32. The molecule has 0 bridgehead atoms. The minimum atomic E-state index is -3.56. The van der Waals surface area contributed by atoms with Crippen molar-refractivity contribution in [2.75, 3.05) is 26.7 Å². The lowest BCUT2D eigenvalue weighted by molar-refractivity contribution is 0.0952. The van der Waals surface area contributed by atoms with Crippen LogP contribution in [0.3, 0.4) is 0 Å². The molecule has 0 aliphatic carbocycles. The number of aryl methyl sites for hydroxylation is 1. The van der Waals surface area contributed by atoms with Crippen molar-refractivity contribution in [1.82, 2.24) is 14.2 Å². The van der Waals surface area contributed by atoms with Gasteiger partial charge in [0.25, 0.3) is 11.5 Å². The van der Waals surface area contributed by atoms with E-state index in [0.29, 0.717) is 30.9 Å². The van der Waals surface area contributed by atoms with Crippen LogP contribution in [0.25, 0.3) is 0 Å². The molecule has 0 saturated heterocycles. The number of nitrogens with zero attached hydrogens (tertiary/aromatic N) is 2. The zero-order valence-corrected chi connectivity index (χ0v) is 18.0. The number of amides is 1. The van der Waals surface area contributed by atoms with Crippen molar-refractivity contribution >= 4 is 15.9 Å². The number of methoxy groups -OCH3 is 1. The van der Waals surface area contributed by atoms with Crippen LogP contribution < -0.4 is 15.6 Å². The number of benzene rings is 1. The number of rotatable bonds is 9. The Morgan fingerprint density at radius 3 is 2.28 bits per heavy atom. The Balaban J connectivity index is 2.03. The molecule has 0 spiro atoms. The number of carbonyl (C=O) groups is 1. The van der Waals surface area contributed by atoms with Gasteiger partial charge in [-0.05, 0) is 37.3 Å². The fraction of sp³-hybridized carbons (Fsp3) is 0.400. The van der Waals surface area contributed by atoms with E-state index in [1.165, 1.54) is 41.7 Å². The molecule has 8 nitrogen and oxygen atoms in total. The quantitative estimate of drug-likeness (QED) is 0.664. The van der Waals surface area contributed by atoms with E-state index < -0.39 is 10.0 Å². The third-order valence-electron chi connectivity index (χ3n) is 4.63. The van der Waals surface area contributed by atoms with Crippen LogP contribution in [-0.2, 0) is 16.6 Å². The number of hydrogen-bond donors (Lipinski definition) is 1. The first-order chi connectivity index (χ1) is 13.7. The van der Waals surface area contributed by atoms with Crippen molar-refractivity contribution in [1.29, 1.82) is 0 Å². The fourth-order valence-electron chi connectivity index (χ4n) is 2.98. The lowest BCUT2D eigenvalue weighted by atomic mass is 10.2. The average molecular weight is 422 g/mol. The van der Waals surface area contributed by atoms with Gasteiger partial charge in [-0.15, -0.1) is 0 Å². The minimum absolute atomic E-state index is 0.151. The van der Waals surface area contributed by atoms with Gasteiger partial charge in [-0.3, -0.25) is 9.59 Å². The SMILES string of the molecule is CCN(CC)S(=O)(=O)c1ccc(C(=O)NCCn2c(C)cc(OC)cc2=O)cc1. The van der Waals surface area contributed by atoms with E-state index in [2.05, 4.69) is 5.32 Å². The molecule has 2 rings (SSSR count). The van der Waals surface area contributed by atoms with E-state index in [9.17, 15) is 18.0 Å². The molecule has 29 heavy (non-hydrogen) atoms. The molecule has 1 aromatic carbocycles. The zero-order valence-electron chi connectivity index (χ0n) is 17.1. The van der Waals surface area contributed by atoms with Crippen molar-refractivity contribution < 1.29 is 17.9 Å². The van der Waals surface area contributed by atoms with Crippen molar-refractivity contribution in [3.8, 4) is 5.75 Å². The van der Waals surface area contributed by atoms with Crippen LogP contribution in [0.2, 0.25) is 0 Å². The van der Waals surface area contributed by atoms with Gasteiger partial charge >= 0.3 is 0 Å². The first-order valence-corrected chi connectivity index (χ1v) is 10.8. The molecule has 1 aromatic heterocycles. The van der Waals surface area contributed by atoms with Crippen molar-refractivity contribution in [2.24, 2.45) is 0 Å². The number of sulfonamides is 1. The van der Waals surface area contributed by atoms with Crippen LogP contribution in [-0.4, -0.2) is 49.9 Å². The Morgan fingerprint density at radius 2 is 1.76 bits per heavy atom. The molecule has 0 radical (unpaired) electrons. The van der Waals surface area contributed by atoms with Crippen LogP contribution in [0.15, 0.2) is 46.1 Å². The number of hydrogen-bond acceptors (Lipinski definition) is 5. The highest BCUT2D eigenvalue weighted by atomic mass is 32.2. The smallest absolute Gasteiger partial charge is 0.254 e. The van der Waals surface area contributed by atoms with E-state index in [1.807, 2.05) is 0 Å². The highest BCUT2D eigenvalue weighted by molar-refractivity contribution is 7.89. The fourth-order valence-corrected chi connectivity index (χ4v) is 4.44. The van der Waals surface area contributed by atoms with Gasteiger partial charge in [0.05, 0.1) is 12.0 Å². The van der Waals surface area contributed by atoms with Gasteiger partial charge in [0.2, 0.25) is 10.0 Å². The van der Waals surface area contributed by atoms with E-state index in [1.54, 1.807) is 31.4 Å². The molecule has 0 atom stereocenters. The van der Waals surface area contributed by atoms with Crippen molar-refractivity contribution in [2.45, 2.75) is 32.2 Å². The normalized spacial score (nSPS) is 11.5. The number of nitrogens with one attached hydrogen (secondary N) is 1. The Labute approximate surface area is 171 Å². The van der Waals surface area contributed by atoms with Crippen LogP contribution in [0.4, 0.5) is 0 Å². The maximum atomic E-state index is 12.5. The predicted molar refractivity (Wildman–Crippen MR) is 111 cm³/mol. The van der Waals surface area contributed by atoms with E-state index in [-0.39, 0.29) is 22.9 Å². The molecule has 158 valence electrons. The minimum Gasteiger partial charge on any atom is -0.496 e. The summed E-state index contributed by atoms with van der Waals surface area (Å²) in [6, 6.07) is 8.97. The first kappa shape index (κ1) is 22.6. The second-order valence-corrected chi connectivity index (χ2v) is 8.33. The summed E-state index contributed by atoms with van der Waals surface area (Å²) >= 11 is 0. The molecule has 0 aliphatic rings. The van der Waals surface area contributed by atoms with Gasteiger partial charge in [-0.1, -0.05) is 13.8 Å². The van der Waals surface area contributed by atoms with Crippen molar-refractivity contribution in [3.05, 3.63) is 58.0 Å². The maximum absolute atomic E-state index is 12.5. The van der Waals surface area contributed by atoms with Crippen LogP contribution >= 0.6 is 0 Å². The first-order valence-electron chi connectivity index (χ1n) is 9.38. The summed E-state index contributed by atoms with van der Waals surface area (Å²) < 4.78 is 33.0. The van der Waals surface area contributed by atoms with E-state index >= 15 is 0 Å². The number of ether oxygens (including phenoxy) is 1. The summed E-state index contributed by atoms with van der Waals surface area (Å²) in [6.07, 6.45) is 0. The molecule has 0 aliphatic heterocycles. The highest BCUT2D eigenvalue weighted by Crippen LogP contribution is 2.16. The van der Waals surface area contributed by atoms with Gasteiger partial charge in [0.15, 0.2) is 0 Å². The molecule has 9 heteroatoms.